The molecule has 0 aliphatic rings. The summed E-state index contributed by atoms with van der Waals surface area (Å²) in [6.07, 6.45) is 3.59. The smallest absolute Gasteiger partial charge is 0.252 e. The van der Waals surface area contributed by atoms with Crippen molar-refractivity contribution >= 4 is 29.0 Å². The van der Waals surface area contributed by atoms with Crippen LogP contribution in [0.4, 0.5) is 0 Å². The second-order valence-electron chi connectivity index (χ2n) is 7.32. The van der Waals surface area contributed by atoms with Crippen molar-refractivity contribution in [3.63, 3.8) is 0 Å². The number of aryl methyl sites for hydroxylation is 2. The van der Waals surface area contributed by atoms with Gasteiger partial charge in [-0.3, -0.25) is 4.79 Å². The van der Waals surface area contributed by atoms with Crippen molar-refractivity contribution in [2.75, 3.05) is 7.11 Å². The van der Waals surface area contributed by atoms with Gasteiger partial charge >= 0.3 is 0 Å². The fraction of sp³-hybridized carbons (Fsp3) is 0.208. The molecule has 8 heteroatoms. The van der Waals surface area contributed by atoms with Gasteiger partial charge in [0.25, 0.3) is 5.91 Å². The number of nitrogens with one attached hydrogen (secondary N) is 1. The monoisotopic (exact) mass is 464 g/mol. The van der Waals surface area contributed by atoms with E-state index < -0.39 is 6.04 Å². The van der Waals surface area contributed by atoms with Crippen molar-refractivity contribution in [3.05, 3.63) is 94.5 Å². The molecule has 1 N–H and O–H groups in total. The van der Waals surface area contributed by atoms with Crippen LogP contribution < -0.4 is 10.1 Å². The van der Waals surface area contributed by atoms with Gasteiger partial charge in [-0.2, -0.15) is 0 Å². The minimum atomic E-state index is -0.402. The molecule has 1 atom stereocenters. The number of thioether (sulfide) groups is 1. The molecule has 0 saturated carbocycles. The van der Waals surface area contributed by atoms with E-state index in [2.05, 4.69) is 20.7 Å². The zero-order chi connectivity index (χ0) is 22.5. The topological polar surface area (TPSA) is 69.0 Å². The van der Waals surface area contributed by atoms with Gasteiger partial charge in [0.2, 0.25) is 0 Å². The molecule has 2 aromatic carbocycles. The van der Waals surface area contributed by atoms with E-state index in [0.29, 0.717) is 5.56 Å². The van der Waals surface area contributed by atoms with Gasteiger partial charge in [-0.05, 0) is 42.3 Å². The van der Waals surface area contributed by atoms with Crippen LogP contribution in [0.15, 0.2) is 70.6 Å². The summed E-state index contributed by atoms with van der Waals surface area (Å²) in [5.74, 6) is 2.14. The van der Waals surface area contributed by atoms with Crippen LogP contribution in [0.2, 0.25) is 0 Å². The first kappa shape index (κ1) is 22.1. The third-order valence-electron chi connectivity index (χ3n) is 5.00. The van der Waals surface area contributed by atoms with E-state index in [9.17, 15) is 4.79 Å². The molecule has 6 nitrogen and oxygen atoms in total. The number of nitrogens with zero attached hydrogens (tertiary/aromatic N) is 3. The van der Waals surface area contributed by atoms with Gasteiger partial charge in [0.05, 0.1) is 7.11 Å². The molecule has 2 heterocycles. The van der Waals surface area contributed by atoms with Crippen molar-refractivity contribution in [1.29, 1.82) is 0 Å². The van der Waals surface area contributed by atoms with Crippen molar-refractivity contribution in [3.8, 4) is 5.75 Å². The van der Waals surface area contributed by atoms with E-state index in [4.69, 9.17) is 4.74 Å². The van der Waals surface area contributed by atoms with Crippen molar-refractivity contribution < 1.29 is 9.53 Å². The predicted molar refractivity (Wildman–Crippen MR) is 128 cm³/mol. The Morgan fingerprint density at radius 3 is 2.72 bits per heavy atom. The molecule has 1 unspecified atom stereocenters. The highest BCUT2D eigenvalue weighted by Gasteiger charge is 2.22. The van der Waals surface area contributed by atoms with Crippen LogP contribution in [0.5, 0.6) is 5.75 Å². The Kier molecular flexibility index (Phi) is 6.92. The fourth-order valence-corrected chi connectivity index (χ4v) is 5.09. The first-order chi connectivity index (χ1) is 15.5. The molecule has 0 aliphatic carbocycles. The van der Waals surface area contributed by atoms with E-state index in [1.165, 1.54) is 0 Å². The van der Waals surface area contributed by atoms with Gasteiger partial charge < -0.3 is 14.6 Å². The van der Waals surface area contributed by atoms with Gasteiger partial charge in [-0.15, -0.1) is 11.3 Å². The Bertz CT molecular complexity index is 1200. The van der Waals surface area contributed by atoms with Crippen LogP contribution in [-0.4, -0.2) is 27.6 Å². The number of hydrogen-bond donors (Lipinski definition) is 1. The fourth-order valence-electron chi connectivity index (χ4n) is 3.28. The molecule has 32 heavy (non-hydrogen) atoms. The molecule has 0 fully saturated rings. The maximum Gasteiger partial charge on any atom is 0.252 e. The Labute approximate surface area is 195 Å². The standard InChI is InChI=1S/C24H24N4O2S2/c1-16-14-31-24(26-16)32-15-17-7-9-18(10-8-17)23(29)27-21(22-25-11-12-28(22)2)19-5-4-6-20(13-19)30-3/h4-14,21H,15H2,1-3H3,(H,27,29). The molecular formula is C24H24N4O2S2. The third-order valence-corrected chi connectivity index (χ3v) is 7.21. The summed E-state index contributed by atoms with van der Waals surface area (Å²) < 4.78 is 8.33. The number of thiazole rings is 1. The number of benzene rings is 2. The zero-order valence-electron chi connectivity index (χ0n) is 18.1. The molecule has 0 radical (unpaired) electrons. The molecule has 0 aliphatic heterocycles. The summed E-state index contributed by atoms with van der Waals surface area (Å²) in [5.41, 5.74) is 3.69. The summed E-state index contributed by atoms with van der Waals surface area (Å²) in [5, 5.41) is 5.18. The largest absolute Gasteiger partial charge is 0.497 e. The number of methoxy groups -OCH3 is 1. The SMILES string of the molecule is COc1cccc(C(NC(=O)c2ccc(CSc3nc(C)cs3)cc2)c2nccn2C)c1. The van der Waals surface area contributed by atoms with Crippen LogP contribution >= 0.6 is 23.1 Å². The molecule has 0 saturated heterocycles. The molecule has 0 bridgehead atoms. The number of rotatable bonds is 8. The van der Waals surface area contributed by atoms with Gasteiger partial charge in [0.1, 0.15) is 22.0 Å². The highest BCUT2D eigenvalue weighted by atomic mass is 32.2. The number of aromatic nitrogens is 3. The van der Waals surface area contributed by atoms with Gasteiger partial charge in [0.15, 0.2) is 0 Å². The van der Waals surface area contributed by atoms with Crippen molar-refractivity contribution in [2.45, 2.75) is 23.1 Å². The average molecular weight is 465 g/mol. The quantitative estimate of drug-likeness (QED) is 0.372. The normalized spacial score (nSPS) is 11.8. The molecule has 2 aromatic heterocycles. The lowest BCUT2D eigenvalue weighted by atomic mass is 10.0. The maximum atomic E-state index is 13.1. The molecule has 164 valence electrons. The number of carbonyl (C=O) groups is 1. The number of imidazole rings is 1. The van der Waals surface area contributed by atoms with E-state index in [-0.39, 0.29) is 5.91 Å². The zero-order valence-corrected chi connectivity index (χ0v) is 19.7. The molecule has 4 rings (SSSR count). The highest BCUT2D eigenvalue weighted by molar-refractivity contribution is 8.00. The first-order valence-electron chi connectivity index (χ1n) is 10.1. The molecule has 0 spiro atoms. The second kappa shape index (κ2) is 10.0. The lowest BCUT2D eigenvalue weighted by Crippen LogP contribution is -2.31. The van der Waals surface area contributed by atoms with Gasteiger partial charge in [-0.25, -0.2) is 9.97 Å². The van der Waals surface area contributed by atoms with Gasteiger partial charge in [0, 0.05) is 41.8 Å². The summed E-state index contributed by atoms with van der Waals surface area (Å²) in [6, 6.07) is 15.0. The minimum absolute atomic E-state index is 0.157. The Hall–Kier alpha value is -3.10. The number of carbonyl (C=O) groups excluding carboxylic acids is 1. The van der Waals surface area contributed by atoms with Crippen LogP contribution in [0.25, 0.3) is 0 Å². The lowest BCUT2D eigenvalue weighted by molar-refractivity contribution is 0.0941. The van der Waals surface area contributed by atoms with Crippen LogP contribution in [0.1, 0.15) is 39.0 Å². The molecule has 1 amide bonds. The third kappa shape index (κ3) is 5.20. The van der Waals surface area contributed by atoms with Crippen molar-refractivity contribution in [1.82, 2.24) is 19.9 Å². The van der Waals surface area contributed by atoms with Crippen molar-refractivity contribution in [2.24, 2.45) is 7.05 Å². The number of ether oxygens (including phenoxy) is 1. The molecular weight excluding hydrogens is 440 g/mol. The van der Waals surface area contributed by atoms with E-state index in [1.54, 1.807) is 36.4 Å². The minimum Gasteiger partial charge on any atom is -0.497 e. The first-order valence-corrected chi connectivity index (χ1v) is 12.0. The Balaban J connectivity index is 1.49. The van der Waals surface area contributed by atoms with Gasteiger partial charge in [-0.1, -0.05) is 36.0 Å². The van der Waals surface area contributed by atoms with Crippen LogP contribution in [0.3, 0.4) is 0 Å². The van der Waals surface area contributed by atoms with E-state index in [1.807, 2.05) is 73.3 Å². The maximum absolute atomic E-state index is 13.1. The van der Waals surface area contributed by atoms with E-state index >= 15 is 0 Å². The molecule has 4 aromatic rings. The number of hydrogen-bond acceptors (Lipinski definition) is 6. The van der Waals surface area contributed by atoms with E-state index in [0.717, 1.165) is 38.5 Å². The number of amides is 1. The predicted octanol–water partition coefficient (Wildman–Crippen LogP) is 5.01. The summed E-state index contributed by atoms with van der Waals surface area (Å²) in [4.78, 5) is 22.0. The lowest BCUT2D eigenvalue weighted by Gasteiger charge is -2.20. The second-order valence-corrected chi connectivity index (χ2v) is 9.40. The van der Waals surface area contributed by atoms with Crippen LogP contribution in [-0.2, 0) is 12.8 Å². The highest BCUT2D eigenvalue weighted by Crippen LogP contribution is 2.27. The average Bonchev–Trinajstić information content (AvgIpc) is 3.44. The Morgan fingerprint density at radius 2 is 2.06 bits per heavy atom. The Morgan fingerprint density at radius 1 is 1.25 bits per heavy atom. The summed E-state index contributed by atoms with van der Waals surface area (Å²) >= 11 is 3.36. The summed E-state index contributed by atoms with van der Waals surface area (Å²) in [7, 11) is 3.54. The summed E-state index contributed by atoms with van der Waals surface area (Å²) in [6.45, 7) is 2.00. The van der Waals surface area contributed by atoms with Crippen LogP contribution in [0, 0.1) is 6.92 Å².